The minimum Gasteiger partial charge on any atom is -0.243 e. The van der Waals surface area contributed by atoms with Crippen LogP contribution in [0.15, 0.2) is 47.1 Å². The van der Waals surface area contributed by atoms with E-state index in [1.165, 1.54) is 297 Å². The molecule has 6 aromatic rings. The molecule has 0 aliphatic heterocycles. The van der Waals surface area contributed by atoms with Crippen molar-refractivity contribution in [3.05, 3.63) is 69.2 Å². The van der Waals surface area contributed by atoms with Crippen LogP contribution in [-0.4, -0.2) is 10.3 Å². The van der Waals surface area contributed by atoms with Crippen molar-refractivity contribution in [3.63, 3.8) is 0 Å². The largest absolute Gasteiger partial charge is 0.243 e. The van der Waals surface area contributed by atoms with Crippen molar-refractivity contribution in [1.82, 2.24) is 10.3 Å². The number of unbranched alkanes of at least 4 members (excludes halogenated alkanes) is 32. The van der Waals surface area contributed by atoms with E-state index in [0.717, 1.165) is 28.2 Å². The summed E-state index contributed by atoms with van der Waals surface area (Å²) in [6, 6.07) is 15.6. The molecule has 5 heterocycles. The zero-order valence-electron chi connectivity index (χ0n) is 51.7. The van der Waals surface area contributed by atoms with Crippen LogP contribution in [-0.2, 0) is 12.8 Å². The van der Waals surface area contributed by atoms with Crippen molar-refractivity contribution >= 4 is 56.4 Å². The van der Waals surface area contributed by atoms with Crippen molar-refractivity contribution in [2.24, 2.45) is 11.8 Å². The molecule has 0 bridgehead atoms. The molecule has 5 aromatic heterocycles. The van der Waals surface area contributed by atoms with Crippen molar-refractivity contribution in [1.29, 1.82) is 0 Å². The van der Waals surface area contributed by atoms with Gasteiger partial charge in [0, 0.05) is 44.6 Å². The number of aromatic nitrogens is 2. The van der Waals surface area contributed by atoms with Gasteiger partial charge in [0.25, 0.3) is 0 Å². The molecule has 3 nitrogen and oxygen atoms in total. The number of thiophene rings is 4. The van der Waals surface area contributed by atoms with E-state index >= 15 is 4.39 Å². The first-order chi connectivity index (χ1) is 39.3. The molecular formula is C72H111FN2OS4. The Morgan fingerprint density at radius 3 is 1.23 bits per heavy atom. The number of aryl methyl sites for hydroxylation is 2. The first kappa shape index (κ1) is 66.5. The van der Waals surface area contributed by atoms with Crippen molar-refractivity contribution in [2.45, 2.75) is 311 Å². The Kier molecular flexibility index (Phi) is 33.1. The Morgan fingerprint density at radius 1 is 0.388 bits per heavy atom. The first-order valence-electron chi connectivity index (χ1n) is 33.7. The fraction of sp³-hybridized carbons (Fsp3) is 0.694. The molecule has 0 aliphatic carbocycles. The molecule has 0 saturated carbocycles. The van der Waals surface area contributed by atoms with Crippen LogP contribution in [0.25, 0.3) is 51.4 Å². The van der Waals surface area contributed by atoms with Gasteiger partial charge in [-0.25, -0.2) is 9.02 Å². The van der Waals surface area contributed by atoms with Crippen LogP contribution in [0.1, 0.15) is 305 Å². The van der Waals surface area contributed by atoms with E-state index in [4.69, 9.17) is 4.63 Å². The predicted molar refractivity (Wildman–Crippen MR) is 356 cm³/mol. The maximum atomic E-state index is 17.4. The third kappa shape index (κ3) is 23.4. The molecule has 0 N–H and O–H groups in total. The SMILES string of the molecule is CCCCCCCCCCCCC(CCCCCCCCCC)Cc1cc(-c2cc(F)c(-c3cc(CC(CCCCCCCCCC)CCCCCCCCCCCC)c(-c4ccc(-c5ccc(C)s5)s4)s3)c3nonc23)sc1C. The molecule has 0 radical (unpaired) electrons. The Morgan fingerprint density at radius 2 is 0.775 bits per heavy atom. The number of benzene rings is 1. The number of fused-ring (bicyclic) bond motifs is 1. The number of rotatable bonds is 48. The molecule has 0 fully saturated rings. The van der Waals surface area contributed by atoms with Crippen molar-refractivity contribution in [3.8, 4) is 40.4 Å². The fourth-order valence-electron chi connectivity index (χ4n) is 12.6. The van der Waals surface area contributed by atoms with Gasteiger partial charge in [0.15, 0.2) is 0 Å². The minimum absolute atomic E-state index is 0.231. The van der Waals surface area contributed by atoms with Crippen LogP contribution in [0.3, 0.4) is 0 Å². The topological polar surface area (TPSA) is 38.9 Å². The van der Waals surface area contributed by atoms with E-state index < -0.39 is 0 Å². The summed E-state index contributed by atoms with van der Waals surface area (Å²) in [6.07, 6.45) is 56.4. The second-order valence-electron chi connectivity index (χ2n) is 24.6. The number of halogens is 1. The third-order valence-corrected chi connectivity index (χ3v) is 22.3. The first-order valence-corrected chi connectivity index (χ1v) is 36.9. The summed E-state index contributed by atoms with van der Waals surface area (Å²) in [7, 11) is 0. The van der Waals surface area contributed by atoms with Crippen LogP contribution in [0, 0.1) is 31.5 Å². The van der Waals surface area contributed by atoms with E-state index in [2.05, 4.69) is 88.3 Å². The third-order valence-electron chi connectivity index (χ3n) is 17.5. The molecule has 80 heavy (non-hydrogen) atoms. The average Bonchev–Trinajstić information content (AvgIpc) is 4.38. The van der Waals surface area contributed by atoms with Crippen LogP contribution in [0.2, 0.25) is 0 Å². The van der Waals surface area contributed by atoms with Gasteiger partial charge in [-0.1, -0.05) is 285 Å². The summed E-state index contributed by atoms with van der Waals surface area (Å²) in [5, 5.41) is 9.12. The standard InChI is InChI=1S/C72H111FN2OS4/c1-7-11-15-19-23-27-29-33-37-40-44-58(43-39-35-31-25-21-17-13-9-3)51-60-53-67(78-57(60)6)62-55-63(73)69(71-70(62)74-76-75-71)68-54-61(72(80-68)66-50-49-65(79-66)64-48-47-56(5)77-64)52-59(45-41-36-32-26-22-18-14-10-4)46-42-38-34-30-28-24-20-16-12-8-2/h47-50,53-55,58-59H,7-46,51-52H2,1-6H3. The highest BCUT2D eigenvalue weighted by molar-refractivity contribution is 7.27. The highest BCUT2D eigenvalue weighted by Crippen LogP contribution is 2.48. The molecule has 8 heteroatoms. The van der Waals surface area contributed by atoms with Crippen molar-refractivity contribution < 1.29 is 9.02 Å². The van der Waals surface area contributed by atoms with Gasteiger partial charge in [0.2, 0.25) is 0 Å². The van der Waals surface area contributed by atoms with Crippen LogP contribution in [0.4, 0.5) is 4.39 Å². The molecule has 0 saturated heterocycles. The number of nitrogens with zero attached hydrogens (tertiary/aromatic N) is 2. The second-order valence-corrected chi connectivity index (χ2v) is 29.3. The molecule has 446 valence electrons. The molecule has 0 aliphatic rings. The lowest BCUT2D eigenvalue weighted by Gasteiger charge is -2.17. The van der Waals surface area contributed by atoms with Gasteiger partial charge in [-0.05, 0) is 102 Å². The Hall–Kier alpha value is -2.65. The van der Waals surface area contributed by atoms with Gasteiger partial charge in [-0.2, -0.15) is 0 Å². The Balaban J connectivity index is 1.21. The highest BCUT2D eigenvalue weighted by atomic mass is 32.1. The highest BCUT2D eigenvalue weighted by Gasteiger charge is 2.26. The molecule has 0 spiro atoms. The average molecular weight is 1170 g/mol. The predicted octanol–water partition coefficient (Wildman–Crippen LogP) is 26.9. The van der Waals surface area contributed by atoms with E-state index in [1.54, 1.807) is 28.7 Å². The normalized spacial score (nSPS) is 12.7. The molecular weight excluding hydrogens is 1060 g/mol. The van der Waals surface area contributed by atoms with E-state index in [1.807, 2.05) is 22.7 Å². The van der Waals surface area contributed by atoms with E-state index in [9.17, 15) is 0 Å². The monoisotopic (exact) mass is 1170 g/mol. The molecule has 2 unspecified atom stereocenters. The van der Waals surface area contributed by atoms with E-state index in [-0.39, 0.29) is 5.82 Å². The van der Waals surface area contributed by atoms with Crippen LogP contribution < -0.4 is 0 Å². The maximum absolute atomic E-state index is 17.4. The number of hydrogen-bond acceptors (Lipinski definition) is 7. The zero-order chi connectivity index (χ0) is 56.4. The van der Waals surface area contributed by atoms with Crippen LogP contribution >= 0.6 is 45.3 Å². The molecule has 1 aromatic carbocycles. The summed E-state index contributed by atoms with van der Waals surface area (Å²) in [6.45, 7) is 13.7. The summed E-state index contributed by atoms with van der Waals surface area (Å²) < 4.78 is 23.0. The van der Waals surface area contributed by atoms with Gasteiger partial charge in [-0.3, -0.25) is 0 Å². The molecule has 0 amide bonds. The van der Waals surface area contributed by atoms with Gasteiger partial charge < -0.3 is 0 Å². The zero-order valence-corrected chi connectivity index (χ0v) is 55.0. The van der Waals surface area contributed by atoms with Gasteiger partial charge >= 0.3 is 0 Å². The lowest BCUT2D eigenvalue weighted by Crippen LogP contribution is -2.05. The smallest absolute Gasteiger partial charge is 0.147 e. The minimum atomic E-state index is -0.231. The number of hydrogen-bond donors (Lipinski definition) is 0. The lowest BCUT2D eigenvalue weighted by atomic mass is 9.88. The van der Waals surface area contributed by atoms with Gasteiger partial charge in [0.05, 0.1) is 5.56 Å². The molecule has 6 rings (SSSR count). The summed E-state index contributed by atoms with van der Waals surface area (Å²) >= 11 is 7.30. The van der Waals surface area contributed by atoms with Crippen LogP contribution in [0.5, 0.6) is 0 Å². The lowest BCUT2D eigenvalue weighted by molar-refractivity contribution is 0.315. The maximum Gasteiger partial charge on any atom is 0.147 e. The Labute approximate surface area is 504 Å². The van der Waals surface area contributed by atoms with Gasteiger partial charge in [0.1, 0.15) is 16.9 Å². The van der Waals surface area contributed by atoms with E-state index in [0.29, 0.717) is 28.4 Å². The van der Waals surface area contributed by atoms with Crippen molar-refractivity contribution in [2.75, 3.05) is 0 Å². The fourth-order valence-corrected chi connectivity index (χ4v) is 17.0. The Bertz CT molecular complexity index is 2520. The summed E-state index contributed by atoms with van der Waals surface area (Å²) in [4.78, 5) is 9.89. The summed E-state index contributed by atoms with van der Waals surface area (Å²) in [5.74, 6) is 1.06. The van der Waals surface area contributed by atoms with Gasteiger partial charge in [-0.15, -0.1) is 45.3 Å². The summed E-state index contributed by atoms with van der Waals surface area (Å²) in [5.41, 5.74) is 5.36. The second kappa shape index (κ2) is 39.8. The quantitative estimate of drug-likeness (QED) is 0.0357. The molecule has 2 atom stereocenters.